The molecule has 2 fully saturated rings. The minimum Gasteiger partial charge on any atom is -0.294 e. The van der Waals surface area contributed by atoms with Gasteiger partial charge in [0.15, 0.2) is 23.1 Å². The molecular weight excluding hydrogens is 976 g/mol. The second kappa shape index (κ2) is 19.9. The molecule has 0 amide bonds. The number of fused-ring (bicyclic) bond motifs is 12. The van der Waals surface area contributed by atoms with Crippen molar-refractivity contribution < 1.29 is 19.2 Å². The number of benzene rings is 10. The highest BCUT2D eigenvalue weighted by Crippen LogP contribution is 2.58. The summed E-state index contributed by atoms with van der Waals surface area (Å²) in [4.78, 5) is 55.3. The number of hydrogen-bond acceptors (Lipinski definition) is 4. The van der Waals surface area contributed by atoms with Crippen LogP contribution < -0.4 is 0 Å². The highest BCUT2D eigenvalue weighted by atomic mass is 35.5. The highest BCUT2D eigenvalue weighted by Gasteiger charge is 2.51. The molecule has 8 atom stereocenters. The second-order valence-corrected chi connectivity index (χ2v) is 22.7. The predicted octanol–water partition coefficient (Wildman–Crippen LogP) is 18.0. The molecule has 0 saturated heterocycles. The molecule has 0 radical (unpaired) electrons. The summed E-state index contributed by atoms with van der Waals surface area (Å²) in [5.41, 5.74) is 7.97. The Balaban J connectivity index is 0.000000146. The van der Waals surface area contributed by atoms with Crippen molar-refractivity contribution in [1.82, 2.24) is 0 Å². The maximum atomic E-state index is 13.9. The molecule has 4 aliphatic rings. The van der Waals surface area contributed by atoms with Crippen LogP contribution in [0.4, 0.5) is 0 Å². The van der Waals surface area contributed by atoms with Crippen molar-refractivity contribution in [3.05, 3.63) is 261 Å². The molecule has 0 aliphatic heterocycles. The summed E-state index contributed by atoms with van der Waals surface area (Å²) in [6.07, 6.45) is 4.20. The molecule has 0 N–H and O–H groups in total. The summed E-state index contributed by atoms with van der Waals surface area (Å²) in [6, 6.07) is 69.2. The topological polar surface area (TPSA) is 68.3 Å². The SMILES string of the molecule is O=C(C[C@@H]1C[C@H](c2ccc(Cl)cc2)C[C@H]2c3c(ccc4ccccc34)C(=O)[C@@H]12)c1ccc2ccccc2c1.O=C(C[C@@H]1C[C@H](c2ccc(Cl)cc2)C[C@H]2c3c(ccc4ccccc34)C(=O)[C@@H]12)c1ccc2ccccc2c1. The van der Waals surface area contributed by atoms with E-state index in [1.807, 2.05) is 121 Å². The van der Waals surface area contributed by atoms with Crippen LogP contribution in [-0.4, -0.2) is 23.1 Å². The zero-order valence-electron chi connectivity index (χ0n) is 41.9. The fraction of sp³-hybridized carbons (Fsp3) is 0.200. The third kappa shape index (κ3) is 8.76. The van der Waals surface area contributed by atoms with E-state index in [0.717, 1.165) is 90.3 Å². The molecule has 0 unspecified atom stereocenters. The summed E-state index contributed by atoms with van der Waals surface area (Å²) in [7, 11) is 0. The predicted molar refractivity (Wildman–Crippen MR) is 309 cm³/mol. The Morgan fingerprint density at radius 3 is 1.14 bits per heavy atom. The number of rotatable bonds is 8. The Labute approximate surface area is 452 Å². The molecule has 4 nitrogen and oxygen atoms in total. The van der Waals surface area contributed by atoms with Crippen LogP contribution in [0.15, 0.2) is 206 Å². The lowest BCUT2D eigenvalue weighted by Gasteiger charge is -2.38. The Morgan fingerprint density at radius 1 is 0.382 bits per heavy atom. The smallest absolute Gasteiger partial charge is 0.167 e. The Hall–Kier alpha value is -7.50. The van der Waals surface area contributed by atoms with E-state index in [9.17, 15) is 19.2 Å². The van der Waals surface area contributed by atoms with Gasteiger partial charge in [-0.05, 0) is 163 Å². The third-order valence-electron chi connectivity index (χ3n) is 17.7. The van der Waals surface area contributed by atoms with Crippen molar-refractivity contribution in [1.29, 1.82) is 0 Å². The number of halogens is 2. The minimum absolute atomic E-state index is 0.0212. The van der Waals surface area contributed by atoms with Gasteiger partial charge in [-0.2, -0.15) is 0 Å². The molecule has 0 bridgehead atoms. The van der Waals surface area contributed by atoms with Gasteiger partial charge in [-0.1, -0.05) is 193 Å². The molecule has 2 saturated carbocycles. The van der Waals surface area contributed by atoms with Crippen LogP contribution in [0.5, 0.6) is 0 Å². The van der Waals surface area contributed by atoms with Gasteiger partial charge >= 0.3 is 0 Å². The van der Waals surface area contributed by atoms with Gasteiger partial charge in [0, 0.05) is 57.0 Å². The number of hydrogen-bond donors (Lipinski definition) is 0. The first-order valence-electron chi connectivity index (χ1n) is 26.8. The zero-order valence-corrected chi connectivity index (χ0v) is 43.4. The number of ketones is 4. The fourth-order valence-electron chi connectivity index (χ4n) is 14.2. The Bertz CT molecular complexity index is 3690. The van der Waals surface area contributed by atoms with E-state index < -0.39 is 0 Å². The molecule has 10 aromatic rings. The lowest BCUT2D eigenvalue weighted by molar-refractivity contribution is 0.0753. The second-order valence-electron chi connectivity index (χ2n) is 21.8. The van der Waals surface area contributed by atoms with Gasteiger partial charge in [-0.3, -0.25) is 19.2 Å². The summed E-state index contributed by atoms with van der Waals surface area (Å²) >= 11 is 12.4. The van der Waals surface area contributed by atoms with Gasteiger partial charge in [-0.15, -0.1) is 0 Å². The summed E-state index contributed by atoms with van der Waals surface area (Å²) < 4.78 is 0. The number of carbonyl (C=O) groups is 4. The fourth-order valence-corrected chi connectivity index (χ4v) is 14.5. The highest BCUT2D eigenvalue weighted by molar-refractivity contribution is 6.30. The van der Waals surface area contributed by atoms with Crippen molar-refractivity contribution >= 4 is 89.4 Å². The van der Waals surface area contributed by atoms with Gasteiger partial charge < -0.3 is 0 Å². The summed E-state index contributed by atoms with van der Waals surface area (Å²) in [5, 5.41) is 10.5. The van der Waals surface area contributed by atoms with Crippen molar-refractivity contribution in [2.75, 3.05) is 0 Å². The maximum absolute atomic E-state index is 13.9. The summed E-state index contributed by atoms with van der Waals surface area (Å²) in [6.45, 7) is 0. The van der Waals surface area contributed by atoms with E-state index in [4.69, 9.17) is 23.2 Å². The zero-order chi connectivity index (χ0) is 51.6. The first kappa shape index (κ1) is 48.2. The molecular formula is C70H54Cl2O4. The Morgan fingerprint density at radius 2 is 0.737 bits per heavy atom. The van der Waals surface area contributed by atoms with Crippen molar-refractivity contribution in [3.63, 3.8) is 0 Å². The molecule has 4 aliphatic carbocycles. The van der Waals surface area contributed by atoms with Crippen LogP contribution in [0, 0.1) is 23.7 Å². The van der Waals surface area contributed by atoms with Crippen LogP contribution in [0.25, 0.3) is 43.1 Å². The molecule has 6 heteroatoms. The standard InChI is InChI=1S/2C35H27ClO2/c2*36-28-14-11-22(12-15-28)26-18-27(20-32(37)25-10-9-21-5-1-2-7-24(21)17-25)33-31(19-26)34-29-8-4-3-6-23(29)13-16-30(34)35(33)38/h2*1-17,26-27,31,33H,18-20H2/t2*26-,27-,31+,33-/m00/s1. The van der Waals surface area contributed by atoms with E-state index in [0.29, 0.717) is 12.8 Å². The maximum Gasteiger partial charge on any atom is 0.167 e. The van der Waals surface area contributed by atoms with E-state index in [2.05, 4.69) is 84.9 Å². The molecule has 0 aromatic heterocycles. The monoisotopic (exact) mass is 1030 g/mol. The van der Waals surface area contributed by atoms with Crippen LogP contribution in [0.2, 0.25) is 10.0 Å². The molecule has 372 valence electrons. The summed E-state index contributed by atoms with van der Waals surface area (Å²) in [5.74, 6) is 1.02. The van der Waals surface area contributed by atoms with Gasteiger partial charge in [0.1, 0.15) is 0 Å². The number of carbonyl (C=O) groups excluding carboxylic acids is 4. The molecule has 76 heavy (non-hydrogen) atoms. The quantitative estimate of drug-likeness (QED) is 0.142. The average molecular weight is 1030 g/mol. The Kier molecular flexibility index (Phi) is 12.6. The molecule has 0 heterocycles. The van der Waals surface area contributed by atoms with Crippen LogP contribution in [-0.2, 0) is 0 Å². The van der Waals surface area contributed by atoms with Crippen molar-refractivity contribution in [2.24, 2.45) is 23.7 Å². The molecule has 14 rings (SSSR count). The minimum atomic E-state index is -0.163. The van der Waals surface area contributed by atoms with Gasteiger partial charge in [-0.25, -0.2) is 0 Å². The first-order chi connectivity index (χ1) is 37.1. The van der Waals surface area contributed by atoms with Gasteiger partial charge in [0.25, 0.3) is 0 Å². The normalized spacial score (nSPS) is 22.4. The van der Waals surface area contributed by atoms with Crippen molar-refractivity contribution in [3.8, 4) is 0 Å². The van der Waals surface area contributed by atoms with E-state index >= 15 is 0 Å². The van der Waals surface area contributed by atoms with Crippen LogP contribution >= 0.6 is 23.2 Å². The van der Waals surface area contributed by atoms with Gasteiger partial charge in [0.05, 0.1) is 0 Å². The largest absolute Gasteiger partial charge is 0.294 e. The van der Waals surface area contributed by atoms with E-state index in [1.165, 1.54) is 33.0 Å². The van der Waals surface area contributed by atoms with Crippen LogP contribution in [0.3, 0.4) is 0 Å². The average Bonchev–Trinajstić information content (AvgIpc) is 4.06. The van der Waals surface area contributed by atoms with Crippen LogP contribution in [0.1, 0.15) is 126 Å². The van der Waals surface area contributed by atoms with Crippen molar-refractivity contribution in [2.45, 2.75) is 62.2 Å². The first-order valence-corrected chi connectivity index (χ1v) is 27.6. The third-order valence-corrected chi connectivity index (χ3v) is 18.2. The van der Waals surface area contributed by atoms with E-state index in [-0.39, 0.29) is 70.5 Å². The van der Waals surface area contributed by atoms with E-state index in [1.54, 1.807) is 0 Å². The lowest BCUT2D eigenvalue weighted by Crippen LogP contribution is -2.33. The molecule has 10 aromatic carbocycles. The van der Waals surface area contributed by atoms with Gasteiger partial charge in [0.2, 0.25) is 0 Å². The molecule has 0 spiro atoms. The lowest BCUT2D eigenvalue weighted by atomic mass is 9.64. The number of Topliss-reactive ketones (excluding diaryl/α,β-unsaturated/α-hetero) is 4.